The summed E-state index contributed by atoms with van der Waals surface area (Å²) in [6.07, 6.45) is 0.724. The van der Waals surface area contributed by atoms with E-state index in [9.17, 15) is 17.6 Å². The van der Waals surface area contributed by atoms with Crippen molar-refractivity contribution in [2.24, 2.45) is 0 Å². The summed E-state index contributed by atoms with van der Waals surface area (Å²) in [6.45, 7) is 1.52. The standard InChI is InChI=1S/C21H23FN2O6S/c1-28-15-3-5-17(18(22)13-15)21(25)23-7-9-24(10-8-23)31(26,27)16-4-6-19-20(14-16)30-12-2-11-29-19/h3-6,13-14H,2,7-12H2,1H3. The van der Waals surface area contributed by atoms with Gasteiger partial charge in [-0.15, -0.1) is 0 Å². The monoisotopic (exact) mass is 450 g/mol. The van der Waals surface area contributed by atoms with Crippen LogP contribution in [0.3, 0.4) is 0 Å². The number of carbonyl (C=O) groups is 1. The lowest BCUT2D eigenvalue weighted by Crippen LogP contribution is -2.50. The molecule has 0 aromatic heterocycles. The molecule has 0 N–H and O–H groups in total. The molecule has 1 amide bonds. The number of piperazine rings is 1. The predicted octanol–water partition coefficient (Wildman–Crippen LogP) is 2.14. The summed E-state index contributed by atoms with van der Waals surface area (Å²) in [5, 5.41) is 0. The molecule has 166 valence electrons. The van der Waals surface area contributed by atoms with Crippen molar-refractivity contribution in [3.05, 3.63) is 47.8 Å². The van der Waals surface area contributed by atoms with Crippen LogP contribution in [0.25, 0.3) is 0 Å². The van der Waals surface area contributed by atoms with Crippen LogP contribution in [0.15, 0.2) is 41.3 Å². The molecule has 10 heteroatoms. The number of rotatable bonds is 4. The van der Waals surface area contributed by atoms with Gasteiger partial charge >= 0.3 is 0 Å². The Hall–Kier alpha value is -2.85. The average molecular weight is 450 g/mol. The Bertz CT molecular complexity index is 1080. The molecule has 8 nitrogen and oxygen atoms in total. The van der Waals surface area contributed by atoms with Crippen molar-refractivity contribution in [2.75, 3.05) is 46.5 Å². The number of benzene rings is 2. The van der Waals surface area contributed by atoms with Crippen LogP contribution in [0.4, 0.5) is 4.39 Å². The van der Waals surface area contributed by atoms with E-state index in [0.29, 0.717) is 30.5 Å². The number of halogens is 1. The van der Waals surface area contributed by atoms with E-state index >= 15 is 0 Å². The van der Waals surface area contributed by atoms with Gasteiger partial charge in [-0.05, 0) is 24.3 Å². The number of fused-ring (bicyclic) bond motifs is 1. The summed E-state index contributed by atoms with van der Waals surface area (Å²) < 4.78 is 57.8. The number of sulfonamides is 1. The molecule has 0 saturated carbocycles. The SMILES string of the molecule is COc1ccc(C(=O)N2CCN(S(=O)(=O)c3ccc4c(c3)OCCCO4)CC2)c(F)c1. The molecular weight excluding hydrogens is 427 g/mol. The molecule has 31 heavy (non-hydrogen) atoms. The lowest BCUT2D eigenvalue weighted by atomic mass is 10.1. The highest BCUT2D eigenvalue weighted by Crippen LogP contribution is 2.33. The third kappa shape index (κ3) is 4.31. The average Bonchev–Trinajstić information content (AvgIpc) is 3.03. The minimum absolute atomic E-state index is 0.0694. The van der Waals surface area contributed by atoms with Crippen molar-refractivity contribution in [2.45, 2.75) is 11.3 Å². The fraction of sp³-hybridized carbons (Fsp3) is 0.381. The fourth-order valence-electron chi connectivity index (χ4n) is 3.55. The van der Waals surface area contributed by atoms with Crippen molar-refractivity contribution in [3.63, 3.8) is 0 Å². The van der Waals surface area contributed by atoms with E-state index in [1.807, 2.05) is 0 Å². The molecule has 2 aliphatic heterocycles. The summed E-state index contributed by atoms with van der Waals surface area (Å²) in [5.74, 6) is 0.0928. The van der Waals surface area contributed by atoms with Crippen LogP contribution in [-0.2, 0) is 10.0 Å². The van der Waals surface area contributed by atoms with Crippen molar-refractivity contribution in [1.82, 2.24) is 9.21 Å². The zero-order valence-corrected chi connectivity index (χ0v) is 17.9. The van der Waals surface area contributed by atoms with Crippen LogP contribution in [0.2, 0.25) is 0 Å². The van der Waals surface area contributed by atoms with Crippen LogP contribution in [-0.4, -0.2) is 70.0 Å². The third-order valence-electron chi connectivity index (χ3n) is 5.29. The first-order chi connectivity index (χ1) is 14.9. The van der Waals surface area contributed by atoms with Gasteiger partial charge in [-0.3, -0.25) is 4.79 Å². The second-order valence-corrected chi connectivity index (χ2v) is 9.14. The van der Waals surface area contributed by atoms with Crippen LogP contribution < -0.4 is 14.2 Å². The summed E-state index contributed by atoms with van der Waals surface area (Å²) in [4.78, 5) is 14.2. The normalized spacial score (nSPS) is 17.2. The number of amides is 1. The maximum Gasteiger partial charge on any atom is 0.256 e. The quantitative estimate of drug-likeness (QED) is 0.710. The highest BCUT2D eigenvalue weighted by atomic mass is 32.2. The Morgan fingerprint density at radius 2 is 1.71 bits per heavy atom. The zero-order valence-electron chi connectivity index (χ0n) is 17.0. The largest absolute Gasteiger partial charge is 0.497 e. The van der Waals surface area contributed by atoms with E-state index < -0.39 is 21.7 Å². The minimum atomic E-state index is -3.77. The molecule has 0 aliphatic carbocycles. The molecule has 0 atom stereocenters. The van der Waals surface area contributed by atoms with Gasteiger partial charge in [0.1, 0.15) is 11.6 Å². The summed E-state index contributed by atoms with van der Waals surface area (Å²) in [7, 11) is -2.35. The van der Waals surface area contributed by atoms with Gasteiger partial charge in [-0.1, -0.05) is 0 Å². The van der Waals surface area contributed by atoms with Crippen molar-refractivity contribution in [1.29, 1.82) is 0 Å². The molecule has 2 aromatic rings. The number of ether oxygens (including phenoxy) is 3. The lowest BCUT2D eigenvalue weighted by Gasteiger charge is -2.34. The molecular formula is C21H23FN2O6S. The van der Waals surface area contributed by atoms with Crippen LogP contribution in [0.1, 0.15) is 16.8 Å². The zero-order chi connectivity index (χ0) is 22.0. The Morgan fingerprint density at radius 1 is 1.00 bits per heavy atom. The molecule has 2 aromatic carbocycles. The first-order valence-electron chi connectivity index (χ1n) is 9.93. The van der Waals surface area contributed by atoms with Gasteiger partial charge in [0, 0.05) is 44.7 Å². The Balaban J connectivity index is 1.45. The van der Waals surface area contributed by atoms with E-state index in [1.54, 1.807) is 6.07 Å². The smallest absolute Gasteiger partial charge is 0.256 e. The maximum absolute atomic E-state index is 14.2. The molecule has 0 bridgehead atoms. The summed E-state index contributed by atoms with van der Waals surface area (Å²) >= 11 is 0. The van der Waals surface area contributed by atoms with Gasteiger partial charge in [0.2, 0.25) is 10.0 Å². The number of nitrogens with zero attached hydrogens (tertiary/aromatic N) is 2. The van der Waals surface area contributed by atoms with Crippen molar-refractivity contribution >= 4 is 15.9 Å². The number of carbonyl (C=O) groups excluding carboxylic acids is 1. The Labute approximate surface area is 180 Å². The molecule has 0 unspecified atom stereocenters. The van der Waals surface area contributed by atoms with Gasteiger partial charge in [-0.25, -0.2) is 12.8 Å². The van der Waals surface area contributed by atoms with E-state index in [-0.39, 0.29) is 36.6 Å². The first kappa shape index (κ1) is 21.4. The second kappa shape index (κ2) is 8.72. The van der Waals surface area contributed by atoms with Gasteiger partial charge < -0.3 is 19.1 Å². The van der Waals surface area contributed by atoms with Crippen LogP contribution in [0.5, 0.6) is 17.2 Å². The Kier molecular flexibility index (Phi) is 6.01. The fourth-order valence-corrected chi connectivity index (χ4v) is 4.99. The Morgan fingerprint density at radius 3 is 2.39 bits per heavy atom. The van der Waals surface area contributed by atoms with E-state index in [4.69, 9.17) is 14.2 Å². The van der Waals surface area contributed by atoms with Gasteiger partial charge in [0.05, 0.1) is 30.8 Å². The molecule has 2 heterocycles. The molecule has 0 spiro atoms. The van der Waals surface area contributed by atoms with E-state index in [1.165, 1.54) is 40.6 Å². The van der Waals surface area contributed by atoms with Gasteiger partial charge in [-0.2, -0.15) is 4.31 Å². The highest BCUT2D eigenvalue weighted by molar-refractivity contribution is 7.89. The molecule has 2 aliphatic rings. The number of methoxy groups -OCH3 is 1. The van der Waals surface area contributed by atoms with Crippen molar-refractivity contribution < 1.29 is 31.8 Å². The predicted molar refractivity (Wildman–Crippen MR) is 110 cm³/mol. The number of hydrogen-bond acceptors (Lipinski definition) is 6. The van der Waals surface area contributed by atoms with E-state index in [2.05, 4.69) is 0 Å². The van der Waals surface area contributed by atoms with Crippen LogP contribution in [0, 0.1) is 5.82 Å². The highest BCUT2D eigenvalue weighted by Gasteiger charge is 2.32. The number of hydrogen-bond donors (Lipinski definition) is 0. The molecule has 4 rings (SSSR count). The molecule has 1 saturated heterocycles. The van der Waals surface area contributed by atoms with E-state index in [0.717, 1.165) is 12.5 Å². The molecule has 0 radical (unpaired) electrons. The molecule has 1 fully saturated rings. The van der Waals surface area contributed by atoms with Crippen molar-refractivity contribution in [3.8, 4) is 17.2 Å². The lowest BCUT2D eigenvalue weighted by molar-refractivity contribution is 0.0693. The topological polar surface area (TPSA) is 85.4 Å². The second-order valence-electron chi connectivity index (χ2n) is 7.20. The summed E-state index contributed by atoms with van der Waals surface area (Å²) in [5.41, 5.74) is -0.0694. The minimum Gasteiger partial charge on any atom is -0.497 e. The maximum atomic E-state index is 14.2. The van der Waals surface area contributed by atoms with Crippen LogP contribution >= 0.6 is 0 Å². The van der Waals surface area contributed by atoms with Gasteiger partial charge in [0.25, 0.3) is 5.91 Å². The third-order valence-corrected chi connectivity index (χ3v) is 7.18. The summed E-state index contributed by atoms with van der Waals surface area (Å²) in [6, 6.07) is 8.60. The van der Waals surface area contributed by atoms with Gasteiger partial charge in [0.15, 0.2) is 11.5 Å². The first-order valence-corrected chi connectivity index (χ1v) is 11.4.